The van der Waals surface area contributed by atoms with Gasteiger partial charge in [-0.05, 0) is 32.8 Å². The molecule has 4 nitrogen and oxygen atoms in total. The van der Waals surface area contributed by atoms with Crippen LogP contribution >= 0.6 is 11.3 Å². The molecule has 0 radical (unpaired) electrons. The van der Waals surface area contributed by atoms with Gasteiger partial charge in [-0.1, -0.05) is 19.3 Å². The van der Waals surface area contributed by atoms with E-state index in [-0.39, 0.29) is 12.1 Å². The summed E-state index contributed by atoms with van der Waals surface area (Å²) in [6, 6.07) is 1.58. The third kappa shape index (κ3) is 3.37. The van der Waals surface area contributed by atoms with Gasteiger partial charge in [0.25, 0.3) is 0 Å². The Labute approximate surface area is 118 Å². The van der Waals surface area contributed by atoms with Gasteiger partial charge in [0.2, 0.25) is 10.0 Å². The van der Waals surface area contributed by atoms with Crippen molar-refractivity contribution in [1.29, 1.82) is 0 Å². The van der Waals surface area contributed by atoms with Crippen molar-refractivity contribution in [3.63, 3.8) is 0 Å². The van der Waals surface area contributed by atoms with E-state index in [1.54, 1.807) is 13.0 Å². The lowest BCUT2D eigenvalue weighted by Gasteiger charge is -2.34. The second-order valence-electron chi connectivity index (χ2n) is 5.52. The van der Waals surface area contributed by atoms with Gasteiger partial charge in [-0.3, -0.25) is 0 Å². The molecule has 0 atom stereocenters. The molecular weight excluding hydrogens is 282 g/mol. The second-order valence-corrected chi connectivity index (χ2v) is 8.51. The van der Waals surface area contributed by atoms with E-state index in [2.05, 4.69) is 4.72 Å². The largest absolute Gasteiger partial charge is 0.391 e. The molecule has 0 amide bonds. The number of thiophene rings is 1. The van der Waals surface area contributed by atoms with Gasteiger partial charge in [-0.15, -0.1) is 11.3 Å². The molecule has 0 spiro atoms. The van der Waals surface area contributed by atoms with E-state index in [9.17, 15) is 8.42 Å². The summed E-state index contributed by atoms with van der Waals surface area (Å²) in [5, 5.41) is 9.11. The molecule has 0 saturated heterocycles. The van der Waals surface area contributed by atoms with Gasteiger partial charge in [-0.25, -0.2) is 13.1 Å². The quantitative estimate of drug-likeness (QED) is 0.898. The number of rotatable bonds is 4. The van der Waals surface area contributed by atoms with E-state index in [4.69, 9.17) is 5.11 Å². The van der Waals surface area contributed by atoms with Gasteiger partial charge in [0.15, 0.2) is 0 Å². The van der Waals surface area contributed by atoms with Crippen molar-refractivity contribution in [2.24, 2.45) is 0 Å². The van der Waals surface area contributed by atoms with Crippen LogP contribution < -0.4 is 4.72 Å². The predicted molar refractivity (Wildman–Crippen MR) is 76.8 cm³/mol. The zero-order chi connectivity index (χ0) is 14.1. The number of hydrogen-bond acceptors (Lipinski definition) is 4. The highest BCUT2D eigenvalue weighted by Crippen LogP contribution is 2.31. The molecule has 1 heterocycles. The van der Waals surface area contributed by atoms with E-state index in [0.717, 1.165) is 30.6 Å². The molecule has 19 heavy (non-hydrogen) atoms. The van der Waals surface area contributed by atoms with Gasteiger partial charge in [-0.2, -0.15) is 0 Å². The molecular formula is C13H21NO3S2. The van der Waals surface area contributed by atoms with E-state index in [1.165, 1.54) is 17.8 Å². The zero-order valence-electron chi connectivity index (χ0n) is 11.4. The van der Waals surface area contributed by atoms with E-state index in [1.807, 2.05) is 6.92 Å². The molecule has 1 aliphatic rings. The maximum atomic E-state index is 12.5. The molecule has 6 heteroatoms. The van der Waals surface area contributed by atoms with Gasteiger partial charge in [0.1, 0.15) is 0 Å². The van der Waals surface area contributed by atoms with E-state index >= 15 is 0 Å². The first-order valence-electron chi connectivity index (χ1n) is 6.60. The first-order chi connectivity index (χ1) is 8.86. The summed E-state index contributed by atoms with van der Waals surface area (Å²) >= 11 is 1.33. The van der Waals surface area contributed by atoms with E-state index in [0.29, 0.717) is 9.77 Å². The topological polar surface area (TPSA) is 66.4 Å². The molecule has 2 rings (SSSR count). The fourth-order valence-electron chi connectivity index (χ4n) is 2.68. The van der Waals surface area contributed by atoms with Crippen LogP contribution in [0.5, 0.6) is 0 Å². The molecule has 0 unspecified atom stereocenters. The van der Waals surface area contributed by atoms with Gasteiger partial charge < -0.3 is 5.11 Å². The Bertz CT molecular complexity index is 542. The Hall–Kier alpha value is -0.430. The highest BCUT2D eigenvalue weighted by Gasteiger charge is 2.33. The van der Waals surface area contributed by atoms with Crippen LogP contribution in [0.25, 0.3) is 0 Å². The molecule has 0 aliphatic heterocycles. The number of aliphatic hydroxyl groups is 1. The lowest BCUT2D eigenvalue weighted by atomic mass is 9.84. The average molecular weight is 303 g/mol. The minimum atomic E-state index is -3.49. The van der Waals surface area contributed by atoms with E-state index < -0.39 is 10.0 Å². The van der Waals surface area contributed by atoms with Crippen LogP contribution in [0.2, 0.25) is 0 Å². The normalized spacial score (nSPS) is 19.5. The van der Waals surface area contributed by atoms with Gasteiger partial charge in [0.05, 0.1) is 11.5 Å². The maximum Gasteiger partial charge on any atom is 0.242 e. The molecule has 0 bridgehead atoms. The first-order valence-corrected chi connectivity index (χ1v) is 8.90. The van der Waals surface area contributed by atoms with Crippen molar-refractivity contribution < 1.29 is 13.5 Å². The summed E-state index contributed by atoms with van der Waals surface area (Å²) in [5.74, 6) is 0. The summed E-state index contributed by atoms with van der Waals surface area (Å²) in [7, 11) is -3.49. The van der Waals surface area contributed by atoms with Crippen LogP contribution in [0, 0.1) is 6.92 Å². The molecule has 1 saturated carbocycles. The molecule has 0 aromatic carbocycles. The summed E-state index contributed by atoms with van der Waals surface area (Å²) in [4.78, 5) is 1.73. The van der Waals surface area contributed by atoms with Gasteiger partial charge in [0, 0.05) is 15.3 Å². The summed E-state index contributed by atoms with van der Waals surface area (Å²) in [5.41, 5.74) is -0.329. The Balaban J connectivity index is 2.24. The Morgan fingerprint density at radius 3 is 2.53 bits per heavy atom. The van der Waals surface area contributed by atoms with Crippen molar-refractivity contribution in [2.75, 3.05) is 0 Å². The molecule has 1 aliphatic carbocycles. The first kappa shape index (κ1) is 15.0. The number of nitrogens with one attached hydrogen (secondary N) is 1. The second kappa shape index (κ2) is 5.52. The molecule has 1 fully saturated rings. The van der Waals surface area contributed by atoms with Crippen LogP contribution in [-0.4, -0.2) is 19.1 Å². The monoisotopic (exact) mass is 303 g/mol. The Morgan fingerprint density at radius 1 is 1.37 bits per heavy atom. The summed E-state index contributed by atoms with van der Waals surface area (Å²) in [6.07, 6.45) is 5.11. The number of aliphatic hydroxyl groups excluding tert-OH is 1. The standard InChI is InChI=1S/C13H21NO3S2/c1-10-12(8-11(9-15)18-10)19(16,17)14-13(2)6-4-3-5-7-13/h8,14-15H,3-7,9H2,1-2H3. The third-order valence-corrected chi connectivity index (χ3v) is 6.64. The van der Waals surface area contributed by atoms with Crippen molar-refractivity contribution in [3.05, 3.63) is 15.8 Å². The van der Waals surface area contributed by atoms with Crippen LogP contribution in [0.4, 0.5) is 0 Å². The Kier molecular flexibility index (Phi) is 4.35. The number of aryl methyl sites for hydroxylation is 1. The van der Waals surface area contributed by atoms with Crippen LogP contribution in [0.1, 0.15) is 48.8 Å². The molecule has 1 aromatic heterocycles. The van der Waals surface area contributed by atoms with Crippen molar-refractivity contribution in [1.82, 2.24) is 4.72 Å². The number of hydrogen-bond donors (Lipinski definition) is 2. The lowest BCUT2D eigenvalue weighted by molar-refractivity contribution is 0.285. The van der Waals surface area contributed by atoms with Crippen molar-refractivity contribution in [2.45, 2.75) is 63.0 Å². The minimum absolute atomic E-state index is 0.113. The average Bonchev–Trinajstić information content (AvgIpc) is 2.71. The van der Waals surface area contributed by atoms with Crippen molar-refractivity contribution >= 4 is 21.4 Å². The minimum Gasteiger partial charge on any atom is -0.391 e. The highest BCUT2D eigenvalue weighted by molar-refractivity contribution is 7.89. The smallest absolute Gasteiger partial charge is 0.242 e. The third-order valence-electron chi connectivity index (χ3n) is 3.71. The highest BCUT2D eigenvalue weighted by atomic mass is 32.2. The lowest BCUT2D eigenvalue weighted by Crippen LogP contribution is -2.47. The SMILES string of the molecule is Cc1sc(CO)cc1S(=O)(=O)NC1(C)CCCCC1. The molecule has 108 valence electrons. The van der Waals surface area contributed by atoms with Crippen LogP contribution in [0.3, 0.4) is 0 Å². The van der Waals surface area contributed by atoms with Crippen LogP contribution in [-0.2, 0) is 16.6 Å². The Morgan fingerprint density at radius 2 is 2.00 bits per heavy atom. The summed E-state index contributed by atoms with van der Waals surface area (Å²) in [6.45, 7) is 3.65. The number of sulfonamides is 1. The predicted octanol–water partition coefficient (Wildman–Crippen LogP) is 2.55. The van der Waals surface area contributed by atoms with Gasteiger partial charge >= 0.3 is 0 Å². The zero-order valence-corrected chi connectivity index (χ0v) is 13.0. The fraction of sp³-hybridized carbons (Fsp3) is 0.692. The molecule has 2 N–H and O–H groups in total. The summed E-state index contributed by atoms with van der Waals surface area (Å²) < 4.78 is 27.8. The fourth-order valence-corrected chi connectivity index (χ4v) is 5.64. The maximum absolute atomic E-state index is 12.5. The van der Waals surface area contributed by atoms with Crippen LogP contribution in [0.15, 0.2) is 11.0 Å². The molecule has 1 aromatic rings. The van der Waals surface area contributed by atoms with Crippen molar-refractivity contribution in [3.8, 4) is 0 Å².